The molecule has 0 atom stereocenters. The average Bonchev–Trinajstić information content (AvgIpc) is 3.18. The third-order valence-corrected chi connectivity index (χ3v) is 6.70. The quantitative estimate of drug-likeness (QED) is 0.302. The lowest BCUT2D eigenvalue weighted by atomic mass is 10.1. The molecule has 0 aliphatic carbocycles. The molecule has 0 saturated carbocycles. The van der Waals surface area contributed by atoms with Gasteiger partial charge in [0.1, 0.15) is 12.4 Å². The summed E-state index contributed by atoms with van der Waals surface area (Å²) in [5.41, 5.74) is 3.41. The number of carbonyl (C=O) groups is 3. The van der Waals surface area contributed by atoms with Crippen LogP contribution in [0.15, 0.2) is 71.6 Å². The first-order valence-corrected chi connectivity index (χ1v) is 13.4. The van der Waals surface area contributed by atoms with E-state index in [-0.39, 0.29) is 36.8 Å². The summed E-state index contributed by atoms with van der Waals surface area (Å²) in [5, 5.41) is 2.52. The van der Waals surface area contributed by atoms with Crippen LogP contribution in [-0.4, -0.2) is 48.3 Å². The van der Waals surface area contributed by atoms with Crippen molar-refractivity contribution in [3.8, 4) is 17.2 Å². The van der Waals surface area contributed by atoms with Gasteiger partial charge in [0.2, 0.25) is 0 Å². The van der Waals surface area contributed by atoms with Crippen LogP contribution in [0.2, 0.25) is 0 Å². The highest BCUT2D eigenvalue weighted by Gasteiger charge is 2.34. The van der Waals surface area contributed by atoms with Gasteiger partial charge in [-0.1, -0.05) is 36.4 Å². The predicted molar refractivity (Wildman–Crippen MR) is 152 cm³/mol. The average molecular weight is 547 g/mol. The molecule has 3 aromatic carbocycles. The number of anilines is 1. The number of hydrogen-bond donors (Lipinski definition) is 1. The van der Waals surface area contributed by atoms with E-state index in [0.29, 0.717) is 34.3 Å². The zero-order valence-electron chi connectivity index (χ0n) is 22.1. The summed E-state index contributed by atoms with van der Waals surface area (Å²) in [5.74, 6) is 0.842. The van der Waals surface area contributed by atoms with Crippen LogP contribution in [-0.2, 0) is 9.59 Å². The second-order valence-corrected chi connectivity index (χ2v) is 9.78. The van der Waals surface area contributed by atoms with Crippen molar-refractivity contribution in [2.24, 2.45) is 0 Å². The van der Waals surface area contributed by atoms with Crippen molar-refractivity contribution in [1.29, 1.82) is 0 Å². The lowest BCUT2D eigenvalue weighted by molar-refractivity contribution is -0.123. The van der Waals surface area contributed by atoms with Gasteiger partial charge in [0, 0.05) is 5.69 Å². The number of thioether (sulfide) groups is 1. The van der Waals surface area contributed by atoms with E-state index in [9.17, 15) is 14.4 Å². The Hall–Kier alpha value is -4.24. The van der Waals surface area contributed by atoms with E-state index in [1.54, 1.807) is 24.3 Å². The Morgan fingerprint density at radius 2 is 1.74 bits per heavy atom. The van der Waals surface area contributed by atoms with Gasteiger partial charge < -0.3 is 19.5 Å². The molecule has 1 heterocycles. The largest absolute Gasteiger partial charge is 0.492 e. The smallest absolute Gasteiger partial charge is 0.293 e. The molecule has 3 amide bonds. The number of hydrogen-bond acceptors (Lipinski definition) is 7. The molecule has 202 valence electrons. The summed E-state index contributed by atoms with van der Waals surface area (Å²) in [6.45, 7) is 6.26. The zero-order valence-corrected chi connectivity index (χ0v) is 22.9. The fourth-order valence-electron chi connectivity index (χ4n) is 3.82. The topological polar surface area (TPSA) is 94.2 Å². The molecular formula is C30H30N2O6S. The number of nitrogens with zero attached hydrogens (tertiary/aromatic N) is 1. The number of aryl methyl sites for hydroxylation is 2. The minimum atomic E-state index is -0.372. The van der Waals surface area contributed by atoms with Crippen LogP contribution >= 0.6 is 11.8 Å². The first-order chi connectivity index (χ1) is 18.8. The molecule has 0 radical (unpaired) electrons. The molecule has 39 heavy (non-hydrogen) atoms. The van der Waals surface area contributed by atoms with Crippen molar-refractivity contribution in [2.75, 3.05) is 31.7 Å². The van der Waals surface area contributed by atoms with Crippen molar-refractivity contribution in [2.45, 2.75) is 20.8 Å². The second kappa shape index (κ2) is 13.0. The van der Waals surface area contributed by atoms with Crippen molar-refractivity contribution >= 4 is 40.6 Å². The molecule has 1 aliphatic heterocycles. The summed E-state index contributed by atoms with van der Waals surface area (Å²) >= 11 is 0.881. The molecule has 1 aliphatic rings. The Bertz CT molecular complexity index is 1390. The molecule has 0 aromatic heterocycles. The maximum Gasteiger partial charge on any atom is 0.293 e. The number of amides is 3. The summed E-state index contributed by atoms with van der Waals surface area (Å²) in [6.07, 6.45) is 1.64. The van der Waals surface area contributed by atoms with E-state index < -0.39 is 0 Å². The minimum absolute atomic E-state index is 0.151. The molecule has 9 heteroatoms. The van der Waals surface area contributed by atoms with Gasteiger partial charge in [0.05, 0.1) is 18.1 Å². The van der Waals surface area contributed by atoms with Gasteiger partial charge in [-0.15, -0.1) is 0 Å². The SMILES string of the molecule is CCOc1cc(/C=C2\SC(=O)N(CCOc3ccccc3)C2=O)ccc1OCC(=O)Nc1cc(C)ccc1C. The number of imide groups is 1. The number of carbonyl (C=O) groups excluding carboxylic acids is 3. The third kappa shape index (κ3) is 7.42. The highest BCUT2D eigenvalue weighted by molar-refractivity contribution is 8.18. The maximum absolute atomic E-state index is 12.9. The van der Waals surface area contributed by atoms with Gasteiger partial charge in [0.25, 0.3) is 17.1 Å². The Balaban J connectivity index is 1.39. The zero-order chi connectivity index (χ0) is 27.8. The standard InChI is InChI=1S/C30H30N2O6S/c1-4-36-26-17-22(12-13-25(26)38-19-28(33)31-24-16-20(2)10-11-21(24)3)18-27-29(34)32(30(35)39-27)14-15-37-23-8-6-5-7-9-23/h5-13,16-18H,4,14-15,19H2,1-3H3,(H,31,33)/b27-18-. The highest BCUT2D eigenvalue weighted by Crippen LogP contribution is 2.34. The van der Waals surface area contributed by atoms with Gasteiger partial charge in [-0.25, -0.2) is 0 Å². The van der Waals surface area contributed by atoms with Gasteiger partial charge in [0.15, 0.2) is 18.1 Å². The minimum Gasteiger partial charge on any atom is -0.492 e. The normalized spacial score (nSPS) is 14.0. The van der Waals surface area contributed by atoms with Gasteiger partial charge in [-0.05, 0) is 85.6 Å². The molecule has 1 N–H and O–H groups in total. The van der Waals surface area contributed by atoms with Crippen molar-refractivity contribution < 1.29 is 28.6 Å². The molecule has 3 aromatic rings. The van der Waals surface area contributed by atoms with Crippen LogP contribution in [0, 0.1) is 13.8 Å². The van der Waals surface area contributed by atoms with Crippen LogP contribution in [0.25, 0.3) is 6.08 Å². The van der Waals surface area contributed by atoms with Crippen molar-refractivity contribution in [3.05, 3.63) is 88.3 Å². The molecular weight excluding hydrogens is 516 g/mol. The molecule has 1 saturated heterocycles. The molecule has 1 fully saturated rings. The molecule has 0 unspecified atom stereocenters. The third-order valence-electron chi connectivity index (χ3n) is 5.79. The number of para-hydroxylation sites is 1. The lowest BCUT2D eigenvalue weighted by Crippen LogP contribution is -2.32. The molecule has 8 nitrogen and oxygen atoms in total. The number of ether oxygens (including phenoxy) is 3. The summed E-state index contributed by atoms with van der Waals surface area (Å²) in [6, 6.07) is 20.2. The molecule has 0 bridgehead atoms. The first kappa shape index (κ1) is 27.8. The Labute approximate surface area is 231 Å². The van der Waals surface area contributed by atoms with E-state index in [2.05, 4.69) is 5.32 Å². The van der Waals surface area contributed by atoms with Crippen molar-refractivity contribution in [1.82, 2.24) is 4.90 Å². The maximum atomic E-state index is 12.9. The Kier molecular flexibility index (Phi) is 9.27. The first-order valence-electron chi connectivity index (χ1n) is 12.5. The van der Waals surface area contributed by atoms with Crippen LogP contribution in [0.5, 0.6) is 17.2 Å². The summed E-state index contributed by atoms with van der Waals surface area (Å²) in [4.78, 5) is 39.3. The molecule has 4 rings (SSSR count). The fourth-order valence-corrected chi connectivity index (χ4v) is 4.68. The molecule has 0 spiro atoms. The summed E-state index contributed by atoms with van der Waals surface area (Å²) < 4.78 is 17.1. The lowest BCUT2D eigenvalue weighted by Gasteiger charge is -2.14. The Morgan fingerprint density at radius 1 is 0.949 bits per heavy atom. The van der Waals surface area contributed by atoms with E-state index >= 15 is 0 Å². The van der Waals surface area contributed by atoms with Gasteiger partial charge in [-0.3, -0.25) is 19.3 Å². The predicted octanol–water partition coefficient (Wildman–Crippen LogP) is 5.83. The van der Waals surface area contributed by atoms with Crippen molar-refractivity contribution in [3.63, 3.8) is 0 Å². The number of benzene rings is 3. The number of rotatable bonds is 11. The van der Waals surface area contributed by atoms with E-state index in [1.165, 1.54) is 4.90 Å². The van der Waals surface area contributed by atoms with Crippen LogP contribution in [0.4, 0.5) is 10.5 Å². The second-order valence-electron chi connectivity index (χ2n) is 8.79. The van der Waals surface area contributed by atoms with Crippen LogP contribution in [0.1, 0.15) is 23.6 Å². The van der Waals surface area contributed by atoms with Crippen LogP contribution < -0.4 is 19.5 Å². The van der Waals surface area contributed by atoms with E-state index in [1.807, 2.05) is 69.3 Å². The fraction of sp³-hybridized carbons (Fsp3) is 0.233. The Morgan fingerprint density at radius 3 is 2.51 bits per heavy atom. The van der Waals surface area contributed by atoms with Gasteiger partial charge in [-0.2, -0.15) is 0 Å². The van der Waals surface area contributed by atoms with Gasteiger partial charge >= 0.3 is 0 Å². The van der Waals surface area contributed by atoms with E-state index in [0.717, 1.165) is 28.6 Å². The number of nitrogens with one attached hydrogen (secondary N) is 1. The van der Waals surface area contributed by atoms with E-state index in [4.69, 9.17) is 14.2 Å². The van der Waals surface area contributed by atoms with Crippen LogP contribution in [0.3, 0.4) is 0 Å². The highest BCUT2D eigenvalue weighted by atomic mass is 32.2. The monoisotopic (exact) mass is 546 g/mol. The summed E-state index contributed by atoms with van der Waals surface area (Å²) in [7, 11) is 0.